The topological polar surface area (TPSA) is 96.0 Å². The zero-order valence-electron chi connectivity index (χ0n) is 23.2. The van der Waals surface area contributed by atoms with Crippen LogP contribution in [-0.2, 0) is 26.2 Å². The van der Waals surface area contributed by atoms with Gasteiger partial charge >= 0.3 is 0 Å². The first-order valence-corrected chi connectivity index (χ1v) is 15.0. The Kier molecular flexibility index (Phi) is 11.9. The highest BCUT2D eigenvalue weighted by Crippen LogP contribution is 2.27. The minimum Gasteiger partial charge on any atom is -0.497 e. The lowest BCUT2D eigenvalue weighted by Crippen LogP contribution is -2.49. The molecule has 0 heterocycles. The van der Waals surface area contributed by atoms with E-state index in [0.29, 0.717) is 29.4 Å². The van der Waals surface area contributed by atoms with Gasteiger partial charge in [0.2, 0.25) is 21.8 Å². The molecule has 0 saturated heterocycles. The number of halogens is 1. The van der Waals surface area contributed by atoms with Gasteiger partial charge in [0.25, 0.3) is 0 Å². The lowest BCUT2D eigenvalue weighted by atomic mass is 10.1. The van der Waals surface area contributed by atoms with Crippen LogP contribution in [0.25, 0.3) is 0 Å². The molecule has 0 spiro atoms. The van der Waals surface area contributed by atoms with Crippen molar-refractivity contribution in [2.24, 2.45) is 5.92 Å². The van der Waals surface area contributed by atoms with Gasteiger partial charge in [0, 0.05) is 31.1 Å². The molecule has 0 radical (unpaired) electrons. The van der Waals surface area contributed by atoms with Crippen LogP contribution in [0.4, 0.5) is 5.69 Å². The summed E-state index contributed by atoms with van der Waals surface area (Å²) in [6, 6.07) is 11.8. The number of benzene rings is 2. The highest BCUT2D eigenvalue weighted by atomic mass is 35.5. The molecule has 0 bridgehead atoms. The fourth-order valence-electron chi connectivity index (χ4n) is 4.10. The monoisotopic (exact) mass is 565 g/mol. The molecule has 0 aliphatic rings. The molecule has 1 N–H and O–H groups in total. The Morgan fingerprint density at radius 2 is 1.76 bits per heavy atom. The fraction of sp³-hybridized carbons (Fsp3) is 0.500. The predicted octanol–water partition coefficient (Wildman–Crippen LogP) is 4.78. The molecule has 38 heavy (non-hydrogen) atoms. The summed E-state index contributed by atoms with van der Waals surface area (Å²) in [7, 11) is -2.02. The van der Waals surface area contributed by atoms with Crippen molar-refractivity contribution in [1.82, 2.24) is 10.2 Å². The molecule has 0 fully saturated rings. The van der Waals surface area contributed by atoms with Gasteiger partial charge in [-0.1, -0.05) is 50.6 Å². The lowest BCUT2D eigenvalue weighted by Gasteiger charge is -2.31. The van der Waals surface area contributed by atoms with Gasteiger partial charge in [-0.3, -0.25) is 13.9 Å². The van der Waals surface area contributed by atoms with Crippen LogP contribution in [0.15, 0.2) is 42.5 Å². The van der Waals surface area contributed by atoms with Crippen LogP contribution in [0.5, 0.6) is 5.75 Å². The molecule has 0 aliphatic heterocycles. The van der Waals surface area contributed by atoms with E-state index in [1.54, 1.807) is 30.2 Å². The van der Waals surface area contributed by atoms with E-state index in [9.17, 15) is 18.0 Å². The zero-order chi connectivity index (χ0) is 28.5. The number of sulfonamides is 1. The van der Waals surface area contributed by atoms with Crippen LogP contribution in [0.3, 0.4) is 0 Å². The Morgan fingerprint density at radius 3 is 2.32 bits per heavy atom. The van der Waals surface area contributed by atoms with Crippen molar-refractivity contribution >= 4 is 39.1 Å². The number of ether oxygens (including phenoxy) is 1. The number of hydrogen-bond donors (Lipinski definition) is 1. The first-order valence-electron chi connectivity index (χ1n) is 12.8. The number of hydrogen-bond acceptors (Lipinski definition) is 5. The first-order chi connectivity index (χ1) is 17.9. The Balaban J connectivity index is 2.25. The summed E-state index contributed by atoms with van der Waals surface area (Å²) >= 11 is 6.13. The highest BCUT2D eigenvalue weighted by molar-refractivity contribution is 7.92. The quantitative estimate of drug-likeness (QED) is 0.355. The van der Waals surface area contributed by atoms with Crippen molar-refractivity contribution in [2.75, 3.05) is 30.8 Å². The Hall–Kier alpha value is -2.78. The lowest BCUT2D eigenvalue weighted by molar-refractivity contribution is -0.141. The third-order valence-corrected chi connectivity index (χ3v) is 7.59. The molecule has 2 rings (SSSR count). The molecule has 210 valence electrons. The minimum absolute atomic E-state index is 0.0791. The van der Waals surface area contributed by atoms with E-state index >= 15 is 0 Å². The maximum absolute atomic E-state index is 13.5. The third kappa shape index (κ3) is 9.20. The fourth-order valence-corrected chi connectivity index (χ4v) is 5.28. The Morgan fingerprint density at radius 1 is 1.11 bits per heavy atom. The number of methoxy groups -OCH3 is 1. The van der Waals surface area contributed by atoms with Crippen LogP contribution in [-0.4, -0.2) is 57.6 Å². The molecule has 0 unspecified atom stereocenters. The molecular formula is C28H40ClN3O5S. The van der Waals surface area contributed by atoms with E-state index in [4.69, 9.17) is 16.3 Å². The summed E-state index contributed by atoms with van der Waals surface area (Å²) < 4.78 is 31.7. The van der Waals surface area contributed by atoms with Crippen molar-refractivity contribution < 1.29 is 22.7 Å². The van der Waals surface area contributed by atoms with E-state index in [0.717, 1.165) is 17.4 Å². The van der Waals surface area contributed by atoms with Crippen molar-refractivity contribution in [1.29, 1.82) is 0 Å². The van der Waals surface area contributed by atoms with Gasteiger partial charge < -0.3 is 15.0 Å². The van der Waals surface area contributed by atoms with Crippen molar-refractivity contribution in [2.45, 2.75) is 59.5 Å². The molecule has 10 heteroatoms. The van der Waals surface area contributed by atoms with Crippen LogP contribution >= 0.6 is 11.6 Å². The smallest absolute Gasteiger partial charge is 0.242 e. The molecule has 1 atom stereocenters. The Bertz CT molecular complexity index is 1190. The summed E-state index contributed by atoms with van der Waals surface area (Å²) in [5.41, 5.74) is 2.11. The second-order valence-corrected chi connectivity index (χ2v) is 12.1. The summed E-state index contributed by atoms with van der Waals surface area (Å²) in [6.07, 6.45) is 1.94. The number of amides is 2. The normalized spacial score (nSPS) is 12.2. The SMILES string of the molecule is CC[C@@H](C(=O)NCC(C)C)N(Cc1ccc(OC)cc1)C(=O)CCCN(c1cc(Cl)ccc1C)S(C)(=O)=O. The Labute approximate surface area is 232 Å². The van der Waals surface area contributed by atoms with Crippen molar-refractivity contribution in [3.05, 3.63) is 58.6 Å². The number of anilines is 1. The number of nitrogens with one attached hydrogen (secondary N) is 1. The first kappa shape index (κ1) is 31.4. The largest absolute Gasteiger partial charge is 0.497 e. The predicted molar refractivity (Wildman–Crippen MR) is 153 cm³/mol. The van der Waals surface area contributed by atoms with Gasteiger partial charge in [-0.05, 0) is 61.1 Å². The molecule has 0 saturated carbocycles. The molecule has 0 aliphatic carbocycles. The summed E-state index contributed by atoms with van der Waals surface area (Å²) in [4.78, 5) is 28.2. The second-order valence-electron chi connectivity index (χ2n) is 9.80. The summed E-state index contributed by atoms with van der Waals surface area (Å²) in [5.74, 6) is 0.559. The number of carbonyl (C=O) groups is 2. The van der Waals surface area contributed by atoms with E-state index in [-0.39, 0.29) is 43.7 Å². The number of carbonyl (C=O) groups excluding carboxylic acids is 2. The van der Waals surface area contributed by atoms with Gasteiger partial charge in [-0.25, -0.2) is 8.42 Å². The van der Waals surface area contributed by atoms with Crippen molar-refractivity contribution in [3.63, 3.8) is 0 Å². The summed E-state index contributed by atoms with van der Waals surface area (Å²) in [5, 5.41) is 3.38. The van der Waals surface area contributed by atoms with Crippen LogP contribution in [0.1, 0.15) is 51.2 Å². The molecule has 2 aromatic carbocycles. The maximum atomic E-state index is 13.5. The maximum Gasteiger partial charge on any atom is 0.242 e. The third-order valence-electron chi connectivity index (χ3n) is 6.17. The van der Waals surface area contributed by atoms with E-state index in [1.165, 1.54) is 4.31 Å². The van der Waals surface area contributed by atoms with E-state index in [2.05, 4.69) is 5.32 Å². The zero-order valence-corrected chi connectivity index (χ0v) is 24.7. The average Bonchev–Trinajstić information content (AvgIpc) is 2.86. The van der Waals surface area contributed by atoms with Gasteiger partial charge in [0.05, 0.1) is 19.1 Å². The van der Waals surface area contributed by atoms with Gasteiger partial charge in [-0.2, -0.15) is 0 Å². The van der Waals surface area contributed by atoms with E-state index < -0.39 is 16.1 Å². The van der Waals surface area contributed by atoms with Crippen molar-refractivity contribution in [3.8, 4) is 5.75 Å². The minimum atomic E-state index is -3.61. The molecule has 8 nitrogen and oxygen atoms in total. The standard InChI is InChI=1S/C28H40ClN3O5S/c1-7-25(28(34)30-18-20(2)3)31(19-22-11-14-24(37-5)15-12-22)27(33)9-8-16-32(38(6,35)36)26-17-23(29)13-10-21(26)4/h10-15,17,20,25H,7-9,16,18-19H2,1-6H3,(H,30,34)/t25-/m0/s1. The van der Waals surface area contributed by atoms with Crippen LogP contribution in [0, 0.1) is 12.8 Å². The number of aryl methyl sites for hydroxylation is 1. The van der Waals surface area contributed by atoms with Gasteiger partial charge in [0.1, 0.15) is 11.8 Å². The molecule has 0 aromatic heterocycles. The number of nitrogens with zero attached hydrogens (tertiary/aromatic N) is 2. The van der Waals surface area contributed by atoms with Crippen LogP contribution < -0.4 is 14.4 Å². The number of rotatable bonds is 14. The highest BCUT2D eigenvalue weighted by Gasteiger charge is 2.29. The average molecular weight is 566 g/mol. The second kappa shape index (κ2) is 14.4. The summed E-state index contributed by atoms with van der Waals surface area (Å²) in [6.45, 7) is 8.59. The molecular weight excluding hydrogens is 526 g/mol. The van der Waals surface area contributed by atoms with E-state index in [1.807, 2.05) is 52.0 Å². The van der Waals surface area contributed by atoms with Gasteiger partial charge in [0.15, 0.2) is 0 Å². The molecule has 2 amide bonds. The van der Waals surface area contributed by atoms with Crippen LogP contribution in [0.2, 0.25) is 5.02 Å². The molecule has 2 aromatic rings. The van der Waals surface area contributed by atoms with Gasteiger partial charge in [-0.15, -0.1) is 0 Å².